The number of aromatic nitrogens is 3. The van der Waals surface area contributed by atoms with Crippen molar-refractivity contribution in [3.63, 3.8) is 0 Å². The van der Waals surface area contributed by atoms with Crippen molar-refractivity contribution in [3.8, 4) is 0 Å². The summed E-state index contributed by atoms with van der Waals surface area (Å²) in [4.78, 5) is 28.8. The van der Waals surface area contributed by atoms with Crippen molar-refractivity contribution in [2.75, 3.05) is 13.1 Å². The Kier molecular flexibility index (Phi) is 5.42. The summed E-state index contributed by atoms with van der Waals surface area (Å²) in [6, 6.07) is 7.74. The van der Waals surface area contributed by atoms with Crippen LogP contribution in [0.4, 0.5) is 0 Å². The Morgan fingerprint density at radius 1 is 1.20 bits per heavy atom. The molecule has 1 atom stereocenters. The molecule has 132 valence electrons. The summed E-state index contributed by atoms with van der Waals surface area (Å²) in [5.41, 5.74) is 2.00. The van der Waals surface area contributed by atoms with E-state index >= 15 is 0 Å². The minimum atomic E-state index is -0.816. The van der Waals surface area contributed by atoms with Crippen LogP contribution < -0.4 is 0 Å². The molecule has 0 saturated carbocycles. The van der Waals surface area contributed by atoms with Crippen LogP contribution in [0.2, 0.25) is 0 Å². The molecule has 1 amide bonds. The average Bonchev–Trinajstić information content (AvgIpc) is 3.26. The summed E-state index contributed by atoms with van der Waals surface area (Å²) in [5.74, 6) is -0.195. The lowest BCUT2D eigenvalue weighted by Crippen LogP contribution is -2.29. The van der Waals surface area contributed by atoms with E-state index in [2.05, 4.69) is 10.1 Å². The van der Waals surface area contributed by atoms with Gasteiger partial charge in [0.1, 0.15) is 12.7 Å². The van der Waals surface area contributed by atoms with Gasteiger partial charge < -0.3 is 10.0 Å². The monoisotopic (exact) mass is 342 g/mol. The number of carbonyl (C=O) groups is 2. The Morgan fingerprint density at radius 2 is 1.96 bits per heavy atom. The number of hydrogen-bond acceptors (Lipinski definition) is 4. The highest BCUT2D eigenvalue weighted by molar-refractivity contribution is 5.76. The van der Waals surface area contributed by atoms with Crippen molar-refractivity contribution in [3.05, 3.63) is 48.0 Å². The maximum absolute atomic E-state index is 12.3. The molecule has 7 nitrogen and oxygen atoms in total. The number of nitrogens with zero attached hydrogens (tertiary/aromatic N) is 4. The molecule has 1 aromatic heterocycles. The number of carboxylic acids is 1. The molecule has 7 heteroatoms. The summed E-state index contributed by atoms with van der Waals surface area (Å²) >= 11 is 0. The molecule has 1 N–H and O–H groups in total. The molecule has 25 heavy (non-hydrogen) atoms. The van der Waals surface area contributed by atoms with Gasteiger partial charge in [0.2, 0.25) is 5.91 Å². The lowest BCUT2D eigenvalue weighted by atomic mass is 9.97. The predicted octanol–water partition coefficient (Wildman–Crippen LogP) is 1.39. The second-order valence-corrected chi connectivity index (χ2v) is 6.49. The van der Waals surface area contributed by atoms with Crippen molar-refractivity contribution in [2.45, 2.75) is 32.2 Å². The molecule has 0 aliphatic carbocycles. The van der Waals surface area contributed by atoms with E-state index < -0.39 is 5.97 Å². The number of carbonyl (C=O) groups excluding carboxylic acids is 1. The van der Waals surface area contributed by atoms with Gasteiger partial charge in [-0.25, -0.2) is 4.98 Å². The minimum Gasteiger partial charge on any atom is -0.481 e. The van der Waals surface area contributed by atoms with Gasteiger partial charge in [-0.05, 0) is 29.9 Å². The second-order valence-electron chi connectivity index (χ2n) is 6.49. The summed E-state index contributed by atoms with van der Waals surface area (Å²) < 4.78 is 1.67. The van der Waals surface area contributed by atoms with E-state index in [1.54, 1.807) is 11.0 Å². The van der Waals surface area contributed by atoms with Crippen LogP contribution in [-0.2, 0) is 29.0 Å². The molecule has 0 radical (unpaired) electrons. The van der Waals surface area contributed by atoms with E-state index in [9.17, 15) is 9.59 Å². The molecule has 0 bridgehead atoms. The van der Waals surface area contributed by atoms with Crippen molar-refractivity contribution in [1.29, 1.82) is 0 Å². The van der Waals surface area contributed by atoms with Gasteiger partial charge in [-0.2, -0.15) is 5.10 Å². The number of hydrogen-bond donors (Lipinski definition) is 1. The fourth-order valence-corrected chi connectivity index (χ4v) is 3.24. The number of rotatable bonds is 7. The van der Waals surface area contributed by atoms with Gasteiger partial charge in [-0.15, -0.1) is 0 Å². The standard InChI is InChI=1S/C18H22N4O3/c23-17(6-8-22-13-19-12-20-22)21-7-5-16(11-21)9-14-1-3-15(4-2-14)10-18(24)25/h1-4,12-13,16H,5-11H2,(H,24,25). The molecule has 2 heterocycles. The third-order valence-corrected chi connectivity index (χ3v) is 4.56. The molecule has 1 fully saturated rings. The quantitative estimate of drug-likeness (QED) is 0.821. The molecule has 1 aliphatic rings. The number of likely N-dealkylation sites (tertiary alicyclic amines) is 1. The smallest absolute Gasteiger partial charge is 0.307 e. The molecule has 2 aromatic rings. The maximum atomic E-state index is 12.3. The molecule has 1 aromatic carbocycles. The van der Waals surface area contributed by atoms with Gasteiger partial charge in [-0.1, -0.05) is 24.3 Å². The normalized spacial score (nSPS) is 17.0. The lowest BCUT2D eigenvalue weighted by molar-refractivity contribution is -0.136. The summed E-state index contributed by atoms with van der Waals surface area (Å²) in [5, 5.41) is 12.8. The van der Waals surface area contributed by atoms with Gasteiger partial charge >= 0.3 is 5.97 Å². The first kappa shape index (κ1) is 17.1. The number of aliphatic carboxylic acids is 1. The third-order valence-electron chi connectivity index (χ3n) is 4.56. The molecule has 1 aliphatic heterocycles. The molecule has 3 rings (SSSR count). The number of aryl methyl sites for hydroxylation is 1. The van der Waals surface area contributed by atoms with Crippen LogP contribution in [-0.4, -0.2) is 49.7 Å². The average molecular weight is 342 g/mol. The number of carboxylic acid groups (broad SMARTS) is 1. The zero-order chi connectivity index (χ0) is 17.6. The number of benzene rings is 1. The van der Waals surface area contributed by atoms with E-state index in [1.165, 1.54) is 11.9 Å². The van der Waals surface area contributed by atoms with Crippen LogP contribution in [0, 0.1) is 5.92 Å². The summed E-state index contributed by atoms with van der Waals surface area (Å²) in [6.45, 7) is 2.15. The van der Waals surface area contributed by atoms with Crippen molar-refractivity contribution >= 4 is 11.9 Å². The van der Waals surface area contributed by atoms with E-state index in [0.717, 1.165) is 31.5 Å². The van der Waals surface area contributed by atoms with Gasteiger partial charge in [0.25, 0.3) is 0 Å². The van der Waals surface area contributed by atoms with Gasteiger partial charge in [0.15, 0.2) is 0 Å². The van der Waals surface area contributed by atoms with Gasteiger partial charge in [0, 0.05) is 19.5 Å². The Bertz CT molecular complexity index is 712. The Balaban J connectivity index is 1.45. The Labute approximate surface area is 146 Å². The van der Waals surface area contributed by atoms with Gasteiger partial charge in [0.05, 0.1) is 13.0 Å². The van der Waals surface area contributed by atoms with Crippen molar-refractivity contribution < 1.29 is 14.7 Å². The highest BCUT2D eigenvalue weighted by Gasteiger charge is 2.26. The van der Waals surface area contributed by atoms with E-state index in [1.807, 2.05) is 29.2 Å². The Hall–Kier alpha value is -2.70. The first-order valence-electron chi connectivity index (χ1n) is 8.50. The first-order chi connectivity index (χ1) is 12.1. The predicted molar refractivity (Wildman–Crippen MR) is 90.8 cm³/mol. The topological polar surface area (TPSA) is 88.3 Å². The second kappa shape index (κ2) is 7.92. The maximum Gasteiger partial charge on any atom is 0.307 e. The van der Waals surface area contributed by atoms with Crippen molar-refractivity contribution in [1.82, 2.24) is 19.7 Å². The summed E-state index contributed by atoms with van der Waals surface area (Å²) in [7, 11) is 0. The molecular weight excluding hydrogens is 320 g/mol. The van der Waals surface area contributed by atoms with E-state index in [-0.39, 0.29) is 12.3 Å². The van der Waals surface area contributed by atoms with Crippen LogP contribution in [0.15, 0.2) is 36.9 Å². The van der Waals surface area contributed by atoms with Crippen LogP contribution in [0.1, 0.15) is 24.0 Å². The van der Waals surface area contributed by atoms with Crippen LogP contribution in [0.25, 0.3) is 0 Å². The van der Waals surface area contributed by atoms with E-state index in [0.29, 0.717) is 18.9 Å². The molecule has 1 unspecified atom stereocenters. The van der Waals surface area contributed by atoms with Crippen LogP contribution in [0.5, 0.6) is 0 Å². The minimum absolute atomic E-state index is 0.0533. The Morgan fingerprint density at radius 3 is 2.64 bits per heavy atom. The zero-order valence-corrected chi connectivity index (χ0v) is 14.0. The van der Waals surface area contributed by atoms with Crippen LogP contribution in [0.3, 0.4) is 0 Å². The first-order valence-corrected chi connectivity index (χ1v) is 8.50. The van der Waals surface area contributed by atoms with Crippen LogP contribution >= 0.6 is 0 Å². The molecule has 1 saturated heterocycles. The van der Waals surface area contributed by atoms with Gasteiger partial charge in [-0.3, -0.25) is 14.3 Å². The largest absolute Gasteiger partial charge is 0.481 e. The highest BCUT2D eigenvalue weighted by Crippen LogP contribution is 2.22. The third kappa shape index (κ3) is 4.89. The van der Waals surface area contributed by atoms with Crippen molar-refractivity contribution in [2.24, 2.45) is 5.92 Å². The fourth-order valence-electron chi connectivity index (χ4n) is 3.24. The van der Waals surface area contributed by atoms with E-state index in [4.69, 9.17) is 5.11 Å². The number of amides is 1. The molecular formula is C18H22N4O3. The fraction of sp³-hybridized carbons (Fsp3) is 0.444. The molecule has 0 spiro atoms. The zero-order valence-electron chi connectivity index (χ0n) is 14.0. The summed E-state index contributed by atoms with van der Waals surface area (Å²) in [6.07, 6.45) is 5.51. The lowest BCUT2D eigenvalue weighted by Gasteiger charge is -2.16. The SMILES string of the molecule is O=C(O)Cc1ccc(CC2CCN(C(=O)CCn3cncn3)C2)cc1. The highest BCUT2D eigenvalue weighted by atomic mass is 16.4.